The van der Waals surface area contributed by atoms with E-state index in [4.69, 9.17) is 0 Å². The van der Waals surface area contributed by atoms with Crippen LogP contribution in [0.5, 0.6) is 0 Å². The predicted octanol–water partition coefficient (Wildman–Crippen LogP) is 3.66. The Hall–Kier alpha value is -0.340. The minimum Gasteiger partial charge on any atom is -0.298 e. The molecule has 0 N–H and O–H groups in total. The Morgan fingerprint density at radius 2 is 2.19 bits per heavy atom. The molecule has 2 rings (SSSR count). The topological polar surface area (TPSA) is 3.24 Å². The highest BCUT2D eigenvalue weighted by molar-refractivity contribution is 9.09. The fourth-order valence-corrected chi connectivity index (χ4v) is 3.09. The van der Waals surface area contributed by atoms with E-state index >= 15 is 0 Å². The highest BCUT2D eigenvalue weighted by Crippen LogP contribution is 2.20. The van der Waals surface area contributed by atoms with Crippen LogP contribution in [0.25, 0.3) is 0 Å². The molecule has 1 nitrogen and oxygen atoms in total. The maximum absolute atomic E-state index is 3.73. The molecule has 0 spiro atoms. The van der Waals surface area contributed by atoms with Crippen molar-refractivity contribution in [2.45, 2.75) is 38.1 Å². The van der Waals surface area contributed by atoms with Gasteiger partial charge in [-0.25, -0.2) is 0 Å². The van der Waals surface area contributed by atoms with E-state index in [-0.39, 0.29) is 0 Å². The van der Waals surface area contributed by atoms with Crippen molar-refractivity contribution in [3.63, 3.8) is 0 Å². The van der Waals surface area contributed by atoms with Crippen LogP contribution in [-0.4, -0.2) is 22.8 Å². The zero-order chi connectivity index (χ0) is 11.5. The van der Waals surface area contributed by atoms with Gasteiger partial charge >= 0.3 is 0 Å². The van der Waals surface area contributed by atoms with Crippen LogP contribution in [0.1, 0.15) is 29.5 Å². The summed E-state index contributed by atoms with van der Waals surface area (Å²) in [6, 6.07) is 6.76. The van der Waals surface area contributed by atoms with Gasteiger partial charge in [0.25, 0.3) is 0 Å². The molecule has 0 aliphatic carbocycles. The number of hydrogen-bond acceptors (Lipinski definition) is 1. The molecule has 0 aromatic heterocycles. The molecule has 0 bridgehead atoms. The number of aryl methyl sites for hydroxylation is 2. The second-order valence-electron chi connectivity index (χ2n) is 4.90. The Bertz CT molecular complexity index is 362. The standard InChI is InChI=1S/C14H20BrN/c1-11-5-6-12(2)13(8-11)9-16-7-3-4-14(15)10-16/h5-6,8,14H,3-4,7,9-10H2,1-2H3. The molecule has 1 heterocycles. The summed E-state index contributed by atoms with van der Waals surface area (Å²) in [5, 5.41) is 0. The Morgan fingerprint density at radius 3 is 2.94 bits per heavy atom. The van der Waals surface area contributed by atoms with Gasteiger partial charge in [0.05, 0.1) is 0 Å². The average molecular weight is 282 g/mol. The normalized spacial score (nSPS) is 22.3. The van der Waals surface area contributed by atoms with E-state index in [9.17, 15) is 0 Å². The molecular weight excluding hydrogens is 262 g/mol. The van der Waals surface area contributed by atoms with Gasteiger partial charge in [0.2, 0.25) is 0 Å². The summed E-state index contributed by atoms with van der Waals surface area (Å²) in [5.74, 6) is 0. The van der Waals surface area contributed by atoms with Gasteiger partial charge in [-0.2, -0.15) is 0 Å². The van der Waals surface area contributed by atoms with Gasteiger partial charge in [-0.05, 0) is 44.4 Å². The van der Waals surface area contributed by atoms with E-state index in [1.807, 2.05) is 0 Å². The summed E-state index contributed by atoms with van der Waals surface area (Å²) in [6.07, 6.45) is 2.64. The van der Waals surface area contributed by atoms with Crippen LogP contribution in [0.3, 0.4) is 0 Å². The number of alkyl halides is 1. The van der Waals surface area contributed by atoms with Crippen LogP contribution in [-0.2, 0) is 6.54 Å². The summed E-state index contributed by atoms with van der Waals surface area (Å²) in [4.78, 5) is 3.25. The summed E-state index contributed by atoms with van der Waals surface area (Å²) in [6.45, 7) is 7.93. The van der Waals surface area contributed by atoms with Crippen molar-refractivity contribution in [3.05, 3.63) is 34.9 Å². The lowest BCUT2D eigenvalue weighted by atomic mass is 10.0. The van der Waals surface area contributed by atoms with E-state index in [2.05, 4.69) is 52.9 Å². The first kappa shape index (κ1) is 12.1. The summed E-state index contributed by atoms with van der Waals surface area (Å²) < 4.78 is 0. The van der Waals surface area contributed by atoms with Crippen molar-refractivity contribution in [2.75, 3.05) is 13.1 Å². The Labute approximate surface area is 107 Å². The number of rotatable bonds is 2. The summed E-state index contributed by atoms with van der Waals surface area (Å²) in [5.41, 5.74) is 4.27. The van der Waals surface area contributed by atoms with Crippen LogP contribution in [0.2, 0.25) is 0 Å². The van der Waals surface area contributed by atoms with Gasteiger partial charge in [-0.15, -0.1) is 0 Å². The molecule has 2 heteroatoms. The quantitative estimate of drug-likeness (QED) is 0.748. The van der Waals surface area contributed by atoms with Gasteiger partial charge in [0.1, 0.15) is 0 Å². The summed E-state index contributed by atoms with van der Waals surface area (Å²) >= 11 is 3.73. The first-order chi connectivity index (χ1) is 7.65. The van der Waals surface area contributed by atoms with E-state index in [0.29, 0.717) is 4.83 Å². The highest BCUT2D eigenvalue weighted by atomic mass is 79.9. The third-order valence-corrected chi connectivity index (χ3v) is 4.09. The van der Waals surface area contributed by atoms with E-state index in [0.717, 1.165) is 6.54 Å². The van der Waals surface area contributed by atoms with Crippen molar-refractivity contribution >= 4 is 15.9 Å². The molecule has 16 heavy (non-hydrogen) atoms. The van der Waals surface area contributed by atoms with Gasteiger partial charge in [0, 0.05) is 17.9 Å². The maximum atomic E-state index is 3.73. The van der Waals surface area contributed by atoms with Crippen molar-refractivity contribution in [2.24, 2.45) is 0 Å². The molecule has 0 saturated carbocycles. The minimum atomic E-state index is 0.686. The van der Waals surface area contributed by atoms with E-state index in [1.165, 1.54) is 42.6 Å². The van der Waals surface area contributed by atoms with Crippen molar-refractivity contribution in [1.82, 2.24) is 4.90 Å². The molecule has 1 fully saturated rings. The largest absolute Gasteiger partial charge is 0.298 e. The zero-order valence-corrected chi connectivity index (χ0v) is 11.8. The number of hydrogen-bond donors (Lipinski definition) is 0. The Kier molecular flexibility index (Phi) is 4.04. The maximum Gasteiger partial charge on any atom is 0.0273 e. The van der Waals surface area contributed by atoms with Crippen LogP contribution in [0.15, 0.2) is 18.2 Å². The molecule has 0 radical (unpaired) electrons. The molecule has 1 saturated heterocycles. The van der Waals surface area contributed by atoms with Gasteiger partial charge in [-0.1, -0.05) is 39.7 Å². The number of likely N-dealkylation sites (tertiary alicyclic amines) is 1. The van der Waals surface area contributed by atoms with Crippen molar-refractivity contribution in [3.8, 4) is 0 Å². The monoisotopic (exact) mass is 281 g/mol. The third-order valence-electron chi connectivity index (χ3n) is 3.35. The summed E-state index contributed by atoms with van der Waals surface area (Å²) in [7, 11) is 0. The third kappa shape index (κ3) is 3.08. The molecule has 1 unspecified atom stereocenters. The molecule has 1 aromatic rings. The van der Waals surface area contributed by atoms with Crippen molar-refractivity contribution < 1.29 is 0 Å². The number of benzene rings is 1. The number of nitrogens with zero attached hydrogens (tertiary/aromatic N) is 1. The molecule has 1 aliphatic rings. The Balaban J connectivity index is 2.05. The van der Waals surface area contributed by atoms with Crippen LogP contribution >= 0.6 is 15.9 Å². The van der Waals surface area contributed by atoms with Crippen molar-refractivity contribution in [1.29, 1.82) is 0 Å². The molecule has 1 aliphatic heterocycles. The van der Waals surface area contributed by atoms with Crippen LogP contribution in [0, 0.1) is 13.8 Å². The first-order valence-electron chi connectivity index (χ1n) is 6.07. The highest BCUT2D eigenvalue weighted by Gasteiger charge is 2.17. The molecule has 1 aromatic carbocycles. The lowest BCUT2D eigenvalue weighted by molar-refractivity contribution is 0.227. The smallest absolute Gasteiger partial charge is 0.0273 e. The number of halogens is 1. The van der Waals surface area contributed by atoms with Crippen LogP contribution in [0.4, 0.5) is 0 Å². The van der Waals surface area contributed by atoms with Gasteiger partial charge in [0.15, 0.2) is 0 Å². The fraction of sp³-hybridized carbons (Fsp3) is 0.571. The lowest BCUT2D eigenvalue weighted by Gasteiger charge is -2.30. The second kappa shape index (κ2) is 5.33. The van der Waals surface area contributed by atoms with E-state index < -0.39 is 0 Å². The average Bonchev–Trinajstić information content (AvgIpc) is 2.24. The SMILES string of the molecule is Cc1ccc(C)c(CN2CCCC(Br)C2)c1. The van der Waals surface area contributed by atoms with Crippen LogP contribution < -0.4 is 0 Å². The minimum absolute atomic E-state index is 0.686. The lowest BCUT2D eigenvalue weighted by Crippen LogP contribution is -2.35. The molecule has 88 valence electrons. The molecule has 1 atom stereocenters. The Morgan fingerprint density at radius 1 is 1.38 bits per heavy atom. The van der Waals surface area contributed by atoms with E-state index in [1.54, 1.807) is 0 Å². The fourth-order valence-electron chi connectivity index (χ4n) is 2.35. The zero-order valence-electron chi connectivity index (χ0n) is 10.2. The predicted molar refractivity (Wildman–Crippen MR) is 73.1 cm³/mol. The van der Waals surface area contributed by atoms with Gasteiger partial charge in [-0.3, -0.25) is 4.90 Å². The molecule has 0 amide bonds. The number of piperidine rings is 1. The van der Waals surface area contributed by atoms with Gasteiger partial charge < -0.3 is 0 Å². The first-order valence-corrected chi connectivity index (χ1v) is 6.99. The molecular formula is C14H20BrN. The second-order valence-corrected chi connectivity index (χ2v) is 6.20.